The smallest absolute Gasteiger partial charge is 0.405 e. The van der Waals surface area contributed by atoms with Gasteiger partial charge in [0.1, 0.15) is 11.9 Å². The van der Waals surface area contributed by atoms with E-state index in [-0.39, 0.29) is 41.4 Å². The van der Waals surface area contributed by atoms with Crippen LogP contribution in [0.5, 0.6) is 0 Å². The van der Waals surface area contributed by atoms with Crippen LogP contribution in [0.1, 0.15) is 50.2 Å². The molecule has 2 saturated heterocycles. The molecule has 0 aromatic heterocycles. The molecule has 2 aliphatic heterocycles. The molecule has 0 aliphatic carbocycles. The molecule has 3 unspecified atom stereocenters. The molecule has 4 rings (SSSR count). The fraction of sp³-hybridized carbons (Fsp3) is 0.500. The highest BCUT2D eigenvalue weighted by molar-refractivity contribution is 7.89. The molecule has 0 saturated carbocycles. The molecule has 12 heteroatoms. The number of nitrogens with zero attached hydrogens (tertiary/aromatic N) is 1. The van der Waals surface area contributed by atoms with Crippen LogP contribution >= 0.6 is 11.6 Å². The Morgan fingerprint density at radius 2 is 1.93 bits per heavy atom. The van der Waals surface area contributed by atoms with Crippen LogP contribution in [0.4, 0.5) is 14.9 Å². The Morgan fingerprint density at radius 3 is 2.60 bits per heavy atom. The number of carbonyl (C=O) groups excluding carboxylic acids is 1. The molecule has 9 nitrogen and oxygen atoms in total. The number of hydrogen-bond donors (Lipinski definition) is 4. The summed E-state index contributed by atoms with van der Waals surface area (Å²) in [5.41, 5.74) is 1.20. The van der Waals surface area contributed by atoms with Crippen molar-refractivity contribution >= 4 is 39.3 Å². The minimum Gasteiger partial charge on any atom is -0.465 e. The summed E-state index contributed by atoms with van der Waals surface area (Å²) in [5.74, 6) is -1.71. The first-order chi connectivity index (χ1) is 19.0. The molecule has 2 amide bonds. The van der Waals surface area contributed by atoms with Crippen LogP contribution in [-0.4, -0.2) is 66.8 Å². The van der Waals surface area contributed by atoms with E-state index in [9.17, 15) is 23.1 Å². The van der Waals surface area contributed by atoms with Crippen LogP contribution in [0.3, 0.4) is 0 Å². The lowest BCUT2D eigenvalue weighted by Crippen LogP contribution is -2.57. The lowest BCUT2D eigenvalue weighted by Gasteiger charge is -2.37. The summed E-state index contributed by atoms with van der Waals surface area (Å²) in [6, 6.07) is 9.81. The van der Waals surface area contributed by atoms with E-state index in [2.05, 4.69) is 16.0 Å². The zero-order valence-corrected chi connectivity index (χ0v) is 24.1. The number of rotatable bonds is 9. The van der Waals surface area contributed by atoms with Crippen LogP contribution in [0.2, 0.25) is 5.02 Å². The minimum absolute atomic E-state index is 0.102. The highest BCUT2D eigenvalue weighted by Crippen LogP contribution is 2.31. The molecular weight excluding hydrogens is 559 g/mol. The average Bonchev–Trinajstić information content (AvgIpc) is 3.00. The van der Waals surface area contributed by atoms with Gasteiger partial charge in [0.2, 0.25) is 15.9 Å². The van der Waals surface area contributed by atoms with Crippen molar-refractivity contribution in [2.24, 2.45) is 5.92 Å². The molecule has 2 aliphatic rings. The Kier molecular flexibility index (Phi) is 9.71. The average molecular weight is 595 g/mol. The molecule has 40 heavy (non-hydrogen) atoms. The maximum absolute atomic E-state index is 15.1. The van der Waals surface area contributed by atoms with Crippen molar-refractivity contribution < 1.29 is 27.5 Å². The summed E-state index contributed by atoms with van der Waals surface area (Å²) in [7, 11) is -3.40. The first-order valence-electron chi connectivity index (χ1n) is 13.5. The number of nitrogens with one attached hydrogen (secondary N) is 3. The van der Waals surface area contributed by atoms with Gasteiger partial charge in [-0.05, 0) is 61.4 Å². The van der Waals surface area contributed by atoms with Gasteiger partial charge in [-0.3, -0.25) is 4.79 Å². The number of amides is 2. The maximum atomic E-state index is 15.1. The largest absolute Gasteiger partial charge is 0.465 e. The van der Waals surface area contributed by atoms with Crippen molar-refractivity contribution in [3.8, 4) is 0 Å². The van der Waals surface area contributed by atoms with Crippen LogP contribution in [-0.2, 0) is 21.2 Å². The van der Waals surface area contributed by atoms with Gasteiger partial charge < -0.3 is 21.1 Å². The fourth-order valence-electron chi connectivity index (χ4n) is 5.79. The number of carbonyl (C=O) groups is 2. The third-order valence-electron chi connectivity index (χ3n) is 7.76. The molecule has 5 atom stereocenters. The van der Waals surface area contributed by atoms with Gasteiger partial charge in [0.25, 0.3) is 0 Å². The summed E-state index contributed by atoms with van der Waals surface area (Å²) in [6.07, 6.45) is 0.587. The number of carboxylic acid groups (broad SMARTS) is 1. The second kappa shape index (κ2) is 12.8. The first kappa shape index (κ1) is 30.2. The van der Waals surface area contributed by atoms with Gasteiger partial charge in [-0.25, -0.2) is 17.6 Å². The Hall–Kier alpha value is -2.73. The Bertz CT molecular complexity index is 1320. The Balaban J connectivity index is 1.56. The van der Waals surface area contributed by atoms with Gasteiger partial charge in [-0.15, -0.1) is 0 Å². The molecule has 4 N–H and O–H groups in total. The van der Waals surface area contributed by atoms with Gasteiger partial charge in [0, 0.05) is 47.4 Å². The topological polar surface area (TPSA) is 128 Å². The lowest BCUT2D eigenvalue weighted by molar-refractivity contribution is -0.118. The van der Waals surface area contributed by atoms with Crippen LogP contribution in [0.15, 0.2) is 42.5 Å². The zero-order valence-electron chi connectivity index (χ0n) is 22.6. The van der Waals surface area contributed by atoms with Gasteiger partial charge in [-0.1, -0.05) is 43.6 Å². The molecule has 2 bridgehead atoms. The van der Waals surface area contributed by atoms with Crippen molar-refractivity contribution in [2.45, 2.75) is 63.6 Å². The zero-order chi connectivity index (χ0) is 29.0. The molecule has 2 aromatic rings. The van der Waals surface area contributed by atoms with Crippen molar-refractivity contribution in [1.29, 1.82) is 0 Å². The normalized spacial score (nSPS) is 23.6. The van der Waals surface area contributed by atoms with E-state index in [1.807, 2.05) is 13.8 Å². The van der Waals surface area contributed by atoms with E-state index in [0.717, 1.165) is 12.0 Å². The number of fused-ring (bicyclic) bond motifs is 2. The van der Waals surface area contributed by atoms with Crippen molar-refractivity contribution in [3.05, 3.63) is 64.4 Å². The Morgan fingerprint density at radius 1 is 1.20 bits per heavy atom. The van der Waals surface area contributed by atoms with Crippen LogP contribution in [0, 0.1) is 11.7 Å². The van der Waals surface area contributed by atoms with Gasteiger partial charge in [0.15, 0.2) is 0 Å². The molecule has 218 valence electrons. The molecule has 2 heterocycles. The maximum Gasteiger partial charge on any atom is 0.405 e. The number of anilines is 1. The lowest BCUT2D eigenvalue weighted by atomic mass is 9.82. The predicted molar refractivity (Wildman–Crippen MR) is 153 cm³/mol. The van der Waals surface area contributed by atoms with E-state index in [4.69, 9.17) is 11.6 Å². The van der Waals surface area contributed by atoms with Crippen LogP contribution < -0.4 is 16.0 Å². The predicted octanol–water partition coefficient (Wildman–Crippen LogP) is 4.19. The summed E-state index contributed by atoms with van der Waals surface area (Å²) < 4.78 is 42.3. The highest BCUT2D eigenvalue weighted by Gasteiger charge is 2.38. The molecule has 0 spiro atoms. The fourth-order valence-corrected chi connectivity index (χ4v) is 7.73. The standard InChI is InChI=1S/C28H36ClFN4O5S/c1-17(2)25(18-8-10-19(29)11-9-18)26(33-28(36)37)27(35)32-24-7-3-6-23(30)22(24)13-12-21-15-31-20-5-4-14-40(38,39)34(21)16-20/h3,6-11,17,20-21,25-26,31,33H,4-5,12-16H2,1-2H3,(H,32,35)(H,36,37)/t20?,21?,25-,26+/m1/s1. The van der Waals surface area contributed by atoms with Crippen LogP contribution in [0.25, 0.3) is 0 Å². The van der Waals surface area contributed by atoms with E-state index < -0.39 is 39.8 Å². The summed E-state index contributed by atoms with van der Waals surface area (Å²) >= 11 is 6.04. The minimum atomic E-state index is -3.40. The van der Waals surface area contributed by atoms with E-state index in [0.29, 0.717) is 31.0 Å². The Labute approximate surface area is 239 Å². The van der Waals surface area contributed by atoms with Gasteiger partial charge >= 0.3 is 6.09 Å². The number of benzene rings is 2. The van der Waals surface area contributed by atoms with Gasteiger partial charge in [-0.2, -0.15) is 4.31 Å². The van der Waals surface area contributed by atoms with Crippen molar-refractivity contribution in [3.63, 3.8) is 0 Å². The molecule has 2 fully saturated rings. The number of hydrogen-bond acceptors (Lipinski definition) is 5. The SMILES string of the molecule is CC(C)[C@H](c1ccc(Cl)cc1)[C@H](NC(=O)O)C(=O)Nc1cccc(F)c1CCC1CNC2CCCS(=O)(=O)N1C2. The highest BCUT2D eigenvalue weighted by atomic mass is 35.5. The quantitative estimate of drug-likeness (QED) is 0.345. The number of sulfonamides is 1. The second-order valence-corrected chi connectivity index (χ2v) is 13.3. The molecule has 0 radical (unpaired) electrons. The second-order valence-electron chi connectivity index (χ2n) is 10.8. The number of piperazine rings is 1. The monoisotopic (exact) mass is 594 g/mol. The van der Waals surface area contributed by atoms with E-state index in [1.165, 1.54) is 12.1 Å². The van der Waals surface area contributed by atoms with E-state index in [1.54, 1.807) is 34.6 Å². The van der Waals surface area contributed by atoms with E-state index >= 15 is 4.39 Å². The summed E-state index contributed by atoms with van der Waals surface area (Å²) in [5, 5.41) is 18.6. The van der Waals surface area contributed by atoms with Gasteiger partial charge in [0.05, 0.1) is 5.75 Å². The summed E-state index contributed by atoms with van der Waals surface area (Å²) in [6.45, 7) is 4.65. The van der Waals surface area contributed by atoms with Crippen molar-refractivity contribution in [1.82, 2.24) is 14.9 Å². The third kappa shape index (κ3) is 7.12. The first-order valence-corrected chi connectivity index (χ1v) is 15.5. The molecular formula is C28H36ClFN4O5S. The molecule has 2 aromatic carbocycles. The number of halogens is 2. The summed E-state index contributed by atoms with van der Waals surface area (Å²) in [4.78, 5) is 25.3. The third-order valence-corrected chi connectivity index (χ3v) is 9.98. The van der Waals surface area contributed by atoms with Crippen molar-refractivity contribution in [2.75, 3.05) is 24.2 Å².